The molecule has 0 radical (unpaired) electrons. The third-order valence-corrected chi connectivity index (χ3v) is 5.63. The van der Waals surface area contributed by atoms with Crippen LogP contribution >= 0.6 is 0 Å². The second-order valence-corrected chi connectivity index (χ2v) is 7.69. The summed E-state index contributed by atoms with van der Waals surface area (Å²) < 4.78 is 17.3. The lowest BCUT2D eigenvalue weighted by atomic mass is 9.90. The molecule has 0 unspecified atom stereocenters. The van der Waals surface area contributed by atoms with Gasteiger partial charge in [-0.15, -0.1) is 0 Å². The van der Waals surface area contributed by atoms with Crippen molar-refractivity contribution in [3.63, 3.8) is 0 Å². The van der Waals surface area contributed by atoms with Gasteiger partial charge in [-0.1, -0.05) is 18.2 Å². The Kier molecular flexibility index (Phi) is 6.21. The SMILES string of the molecule is N#CC(C(N)=NC1CCC2(CC1)OCCO2)=C(N)c1ccc(Oc2ccccc2)cc1. The zero-order valence-corrected chi connectivity index (χ0v) is 17.3. The van der Waals surface area contributed by atoms with Gasteiger partial charge in [0.15, 0.2) is 5.79 Å². The standard InChI is InChI=1S/C24H26N4O3/c25-16-21(23(27)28-18-10-12-24(13-11-18)29-14-15-30-24)22(26)17-6-8-20(9-7-17)31-19-4-2-1-3-5-19/h1-9,18H,10-15,26H2,(H2,27,28). The fourth-order valence-corrected chi connectivity index (χ4v) is 3.95. The Bertz CT molecular complexity index is 993. The second kappa shape index (κ2) is 9.21. The summed E-state index contributed by atoms with van der Waals surface area (Å²) in [6.45, 7) is 1.28. The topological polar surface area (TPSA) is 116 Å². The quantitative estimate of drug-likeness (QED) is 0.434. The van der Waals surface area contributed by atoms with Crippen molar-refractivity contribution in [1.29, 1.82) is 5.26 Å². The number of hydrogen-bond acceptors (Lipinski definition) is 6. The second-order valence-electron chi connectivity index (χ2n) is 7.69. The number of aliphatic imine (C=N–C) groups is 1. The molecule has 1 aliphatic carbocycles. The van der Waals surface area contributed by atoms with E-state index >= 15 is 0 Å². The Morgan fingerprint density at radius 1 is 0.968 bits per heavy atom. The first kappa shape index (κ1) is 20.9. The van der Waals surface area contributed by atoms with Gasteiger partial charge in [-0.2, -0.15) is 5.26 Å². The maximum absolute atomic E-state index is 9.66. The van der Waals surface area contributed by atoms with E-state index < -0.39 is 5.79 Å². The molecule has 1 saturated carbocycles. The molecule has 1 saturated heterocycles. The summed E-state index contributed by atoms with van der Waals surface area (Å²) in [6.07, 6.45) is 3.15. The molecule has 0 bridgehead atoms. The minimum absolute atomic E-state index is 0.0243. The maximum atomic E-state index is 9.66. The fourth-order valence-electron chi connectivity index (χ4n) is 3.95. The molecule has 160 valence electrons. The first-order valence-corrected chi connectivity index (χ1v) is 10.4. The normalized spacial score (nSPS) is 19.6. The average Bonchev–Trinajstić information content (AvgIpc) is 3.25. The van der Waals surface area contributed by atoms with Crippen LogP contribution in [0.5, 0.6) is 11.5 Å². The predicted octanol–water partition coefficient (Wildman–Crippen LogP) is 3.72. The monoisotopic (exact) mass is 418 g/mol. The number of nitrogens with two attached hydrogens (primary N) is 2. The van der Waals surface area contributed by atoms with Crippen molar-refractivity contribution >= 4 is 11.5 Å². The zero-order chi connectivity index (χ0) is 21.7. The lowest BCUT2D eigenvalue weighted by molar-refractivity contribution is -0.178. The molecule has 0 atom stereocenters. The van der Waals surface area contributed by atoms with Gasteiger partial charge in [-0.05, 0) is 54.8 Å². The van der Waals surface area contributed by atoms with Crippen molar-refractivity contribution in [3.8, 4) is 17.6 Å². The fraction of sp³-hybridized carbons (Fsp3) is 0.333. The van der Waals surface area contributed by atoms with E-state index in [1.165, 1.54) is 0 Å². The van der Waals surface area contributed by atoms with Gasteiger partial charge >= 0.3 is 0 Å². The largest absolute Gasteiger partial charge is 0.457 e. The number of para-hydroxylation sites is 1. The summed E-state index contributed by atoms with van der Waals surface area (Å²) in [5, 5.41) is 9.66. The lowest BCUT2D eigenvalue weighted by Gasteiger charge is -2.34. The lowest BCUT2D eigenvalue weighted by Crippen LogP contribution is -2.37. The highest BCUT2D eigenvalue weighted by molar-refractivity contribution is 6.07. The van der Waals surface area contributed by atoms with E-state index in [0.717, 1.165) is 31.4 Å². The van der Waals surface area contributed by atoms with Crippen LogP contribution in [0.4, 0.5) is 0 Å². The van der Waals surface area contributed by atoms with Crippen molar-refractivity contribution in [2.75, 3.05) is 13.2 Å². The van der Waals surface area contributed by atoms with Crippen LogP contribution in [0, 0.1) is 11.3 Å². The van der Waals surface area contributed by atoms with Crippen molar-refractivity contribution < 1.29 is 14.2 Å². The van der Waals surface area contributed by atoms with Gasteiger partial charge in [0, 0.05) is 12.8 Å². The Morgan fingerprint density at radius 3 is 2.19 bits per heavy atom. The molecule has 31 heavy (non-hydrogen) atoms. The average molecular weight is 418 g/mol. The van der Waals surface area contributed by atoms with Crippen LogP contribution in [-0.4, -0.2) is 30.9 Å². The van der Waals surface area contributed by atoms with Crippen molar-refractivity contribution in [3.05, 3.63) is 65.7 Å². The van der Waals surface area contributed by atoms with Crippen LogP contribution in [0.1, 0.15) is 31.2 Å². The molecule has 0 aromatic heterocycles. The van der Waals surface area contributed by atoms with Crippen LogP contribution in [0.3, 0.4) is 0 Å². The van der Waals surface area contributed by atoms with Gasteiger partial charge in [0.25, 0.3) is 0 Å². The number of benzene rings is 2. The highest BCUT2D eigenvalue weighted by atomic mass is 16.7. The molecule has 2 fully saturated rings. The Balaban J connectivity index is 1.45. The van der Waals surface area contributed by atoms with Gasteiger partial charge in [0.1, 0.15) is 29.0 Å². The third-order valence-electron chi connectivity index (χ3n) is 5.63. The molecule has 4 N–H and O–H groups in total. The van der Waals surface area contributed by atoms with E-state index in [-0.39, 0.29) is 17.5 Å². The van der Waals surface area contributed by atoms with Gasteiger partial charge in [-0.3, -0.25) is 4.99 Å². The van der Waals surface area contributed by atoms with Gasteiger partial charge in [-0.25, -0.2) is 0 Å². The van der Waals surface area contributed by atoms with Crippen LogP contribution in [0.2, 0.25) is 0 Å². The molecule has 1 heterocycles. The maximum Gasteiger partial charge on any atom is 0.168 e. The van der Waals surface area contributed by atoms with Crippen LogP contribution in [0.25, 0.3) is 5.70 Å². The minimum atomic E-state index is -0.447. The van der Waals surface area contributed by atoms with Gasteiger partial charge in [0.05, 0.1) is 25.0 Å². The summed E-state index contributed by atoms with van der Waals surface area (Å²) in [5.74, 6) is 1.14. The first-order valence-electron chi connectivity index (χ1n) is 10.4. The van der Waals surface area contributed by atoms with Crippen LogP contribution in [-0.2, 0) is 9.47 Å². The van der Waals surface area contributed by atoms with E-state index in [2.05, 4.69) is 11.1 Å². The zero-order valence-electron chi connectivity index (χ0n) is 17.3. The smallest absolute Gasteiger partial charge is 0.168 e. The number of hydrogen-bond donors (Lipinski definition) is 2. The molecule has 4 rings (SSSR count). The Morgan fingerprint density at radius 2 is 1.58 bits per heavy atom. The molecular weight excluding hydrogens is 392 g/mol. The van der Waals surface area contributed by atoms with E-state index in [4.69, 9.17) is 25.7 Å². The van der Waals surface area contributed by atoms with E-state index in [1.807, 2.05) is 30.3 Å². The Labute approximate surface area is 181 Å². The highest BCUT2D eigenvalue weighted by Crippen LogP contribution is 2.36. The minimum Gasteiger partial charge on any atom is -0.457 e. The van der Waals surface area contributed by atoms with Gasteiger partial charge in [0.2, 0.25) is 0 Å². The molecule has 2 aromatic carbocycles. The molecule has 7 heteroatoms. The summed E-state index contributed by atoms with van der Waals surface area (Å²) in [7, 11) is 0. The summed E-state index contributed by atoms with van der Waals surface area (Å²) >= 11 is 0. The summed E-state index contributed by atoms with van der Waals surface area (Å²) in [4.78, 5) is 4.58. The molecule has 1 spiro atoms. The van der Waals surface area contributed by atoms with Crippen LogP contribution < -0.4 is 16.2 Å². The number of ether oxygens (including phenoxy) is 3. The van der Waals surface area contributed by atoms with E-state index in [9.17, 15) is 5.26 Å². The number of nitrogens with zero attached hydrogens (tertiary/aromatic N) is 2. The molecule has 2 aliphatic rings. The first-order chi connectivity index (χ1) is 15.1. The van der Waals surface area contributed by atoms with Crippen molar-refractivity contribution in [1.82, 2.24) is 0 Å². The van der Waals surface area contributed by atoms with E-state index in [1.54, 1.807) is 24.3 Å². The summed E-state index contributed by atoms with van der Waals surface area (Å²) in [5.41, 5.74) is 13.6. The molecular formula is C24H26N4O3. The molecule has 0 amide bonds. The number of nitriles is 1. The Hall–Kier alpha value is -3.34. The molecule has 1 aliphatic heterocycles. The predicted molar refractivity (Wildman–Crippen MR) is 118 cm³/mol. The van der Waals surface area contributed by atoms with Crippen LogP contribution in [0.15, 0.2) is 65.2 Å². The molecule has 2 aromatic rings. The summed E-state index contributed by atoms with van der Waals surface area (Å²) in [6, 6.07) is 18.9. The van der Waals surface area contributed by atoms with Crippen molar-refractivity contribution in [2.24, 2.45) is 16.5 Å². The molecule has 7 nitrogen and oxygen atoms in total. The highest BCUT2D eigenvalue weighted by Gasteiger charge is 2.40. The van der Waals surface area contributed by atoms with E-state index in [0.29, 0.717) is 30.2 Å². The number of rotatable bonds is 5. The van der Waals surface area contributed by atoms with Gasteiger partial charge < -0.3 is 25.7 Å². The number of amidine groups is 1. The van der Waals surface area contributed by atoms with Crippen molar-refractivity contribution in [2.45, 2.75) is 37.5 Å². The third kappa shape index (κ3) is 4.88.